The van der Waals surface area contributed by atoms with Gasteiger partial charge in [-0.2, -0.15) is 0 Å². The van der Waals surface area contributed by atoms with Gasteiger partial charge in [-0.05, 0) is 73.6 Å². The van der Waals surface area contributed by atoms with Gasteiger partial charge in [0.1, 0.15) is 18.0 Å². The van der Waals surface area contributed by atoms with Crippen molar-refractivity contribution in [2.45, 2.75) is 79.8 Å². The zero-order chi connectivity index (χ0) is 24.4. The maximum atomic E-state index is 13.4. The fourth-order valence-corrected chi connectivity index (χ4v) is 5.22. The summed E-state index contributed by atoms with van der Waals surface area (Å²) >= 11 is 0. The Labute approximate surface area is 202 Å². The monoisotopic (exact) mass is 460 g/mol. The highest BCUT2D eigenvalue weighted by Gasteiger charge is 2.40. The number of anilines is 1. The second-order valence-electron chi connectivity index (χ2n) is 11.1. The minimum absolute atomic E-state index is 0.0413. The minimum atomic E-state index is -0.795. The maximum absolute atomic E-state index is 13.4. The lowest BCUT2D eigenvalue weighted by Crippen LogP contribution is -2.47. The molecule has 1 aliphatic heterocycles. The van der Waals surface area contributed by atoms with Gasteiger partial charge in [0, 0.05) is 31.9 Å². The van der Waals surface area contributed by atoms with Crippen LogP contribution in [0.5, 0.6) is 5.75 Å². The number of carbonyl (C=O) groups is 1. The number of likely N-dealkylation sites (tertiary alicyclic amines) is 1. The predicted molar refractivity (Wildman–Crippen MR) is 138 cm³/mol. The molecule has 5 nitrogen and oxygen atoms in total. The van der Waals surface area contributed by atoms with Crippen molar-refractivity contribution in [3.05, 3.63) is 24.3 Å². The van der Waals surface area contributed by atoms with Crippen LogP contribution in [0, 0.1) is 23.7 Å². The van der Waals surface area contributed by atoms with Crippen LogP contribution in [-0.2, 0) is 9.53 Å². The molecule has 2 atom stereocenters. The third-order valence-electron chi connectivity index (χ3n) is 6.21. The van der Waals surface area contributed by atoms with Gasteiger partial charge in [0.15, 0.2) is 0 Å². The Morgan fingerprint density at radius 2 is 1.61 bits per heavy atom. The average Bonchev–Trinajstić information content (AvgIpc) is 2.71. The molecule has 1 amide bonds. The summed E-state index contributed by atoms with van der Waals surface area (Å²) in [7, 11) is 0. The van der Waals surface area contributed by atoms with Crippen LogP contribution in [0.2, 0.25) is 0 Å². The lowest BCUT2D eigenvalue weighted by molar-refractivity contribution is -0.147. The molecular formula is C28H48N2O3. The molecule has 5 heteroatoms. The van der Waals surface area contributed by atoms with Gasteiger partial charge >= 0.3 is 0 Å². The van der Waals surface area contributed by atoms with Gasteiger partial charge in [0.2, 0.25) is 0 Å². The van der Waals surface area contributed by atoms with E-state index >= 15 is 0 Å². The largest absolute Gasteiger partial charge is 0.492 e. The molecule has 0 unspecified atom stereocenters. The molecule has 1 aromatic rings. The molecule has 0 aliphatic carbocycles. The summed E-state index contributed by atoms with van der Waals surface area (Å²) in [5.74, 6) is 3.05. The number of amides is 1. The molecule has 1 N–H and O–H groups in total. The Kier molecular flexibility index (Phi) is 11.2. The summed E-state index contributed by atoms with van der Waals surface area (Å²) < 4.78 is 12.2. The van der Waals surface area contributed by atoms with E-state index in [1.807, 2.05) is 24.3 Å². The average molecular weight is 461 g/mol. The third-order valence-corrected chi connectivity index (χ3v) is 6.21. The van der Waals surface area contributed by atoms with E-state index in [-0.39, 0.29) is 5.91 Å². The predicted octanol–water partition coefficient (Wildman–Crippen LogP) is 6.24. The Bertz CT molecular complexity index is 682. The summed E-state index contributed by atoms with van der Waals surface area (Å²) in [5, 5.41) is 3.12. The Morgan fingerprint density at radius 3 is 2.12 bits per heavy atom. The molecule has 1 fully saturated rings. The van der Waals surface area contributed by atoms with Gasteiger partial charge in [-0.3, -0.25) is 9.69 Å². The van der Waals surface area contributed by atoms with Gasteiger partial charge in [0.05, 0.1) is 0 Å². The first-order valence-electron chi connectivity index (χ1n) is 13.0. The molecule has 1 heterocycles. The first-order chi connectivity index (χ1) is 15.6. The van der Waals surface area contributed by atoms with Crippen molar-refractivity contribution < 1.29 is 14.3 Å². The number of carbonyl (C=O) groups excluding carboxylic acids is 1. The van der Waals surface area contributed by atoms with Crippen molar-refractivity contribution in [3.63, 3.8) is 0 Å². The van der Waals surface area contributed by atoms with E-state index in [4.69, 9.17) is 9.47 Å². The molecular weight excluding hydrogens is 412 g/mol. The van der Waals surface area contributed by atoms with Crippen molar-refractivity contribution in [1.82, 2.24) is 4.90 Å². The van der Waals surface area contributed by atoms with Crippen molar-refractivity contribution in [1.29, 1.82) is 0 Å². The first-order valence-corrected chi connectivity index (χ1v) is 13.0. The molecule has 188 valence electrons. The van der Waals surface area contributed by atoms with E-state index in [0.717, 1.165) is 49.3 Å². The highest BCUT2D eigenvalue weighted by atomic mass is 16.5. The van der Waals surface area contributed by atoms with Gasteiger partial charge in [-0.1, -0.05) is 48.5 Å². The van der Waals surface area contributed by atoms with E-state index in [9.17, 15) is 4.79 Å². The summed E-state index contributed by atoms with van der Waals surface area (Å²) in [6.45, 7) is 19.9. The zero-order valence-electron chi connectivity index (χ0n) is 22.2. The smallest absolute Gasteiger partial charge is 0.256 e. The van der Waals surface area contributed by atoms with Gasteiger partial charge in [-0.15, -0.1) is 0 Å². The Hall–Kier alpha value is -1.59. The standard InChI is InChI=1S/C28H48N2O3/c1-8-14-33-28(17-21(2)3,18-22(4)5)27(31)29-25-9-11-26(12-10-25)32-15-13-30-19-23(6)16-24(7)20-30/h9-12,21-24H,8,13-20H2,1-7H3,(H,29,31)/t23-,24-/m1/s1. The van der Waals surface area contributed by atoms with Gasteiger partial charge in [0.25, 0.3) is 5.91 Å². The van der Waals surface area contributed by atoms with E-state index in [1.165, 1.54) is 6.42 Å². The lowest BCUT2D eigenvalue weighted by Gasteiger charge is -2.35. The fraction of sp³-hybridized carbons (Fsp3) is 0.750. The number of hydrogen-bond donors (Lipinski definition) is 1. The third kappa shape index (κ3) is 9.29. The van der Waals surface area contributed by atoms with E-state index in [1.54, 1.807) is 0 Å². The Morgan fingerprint density at radius 1 is 1.03 bits per heavy atom. The summed E-state index contributed by atoms with van der Waals surface area (Å²) in [5.41, 5.74) is -0.0148. The highest BCUT2D eigenvalue weighted by molar-refractivity contribution is 5.97. The van der Waals surface area contributed by atoms with Crippen LogP contribution >= 0.6 is 0 Å². The Balaban J connectivity index is 1.95. The van der Waals surface area contributed by atoms with Crippen LogP contribution < -0.4 is 10.1 Å². The number of rotatable bonds is 13. The van der Waals surface area contributed by atoms with Crippen LogP contribution in [0.3, 0.4) is 0 Å². The molecule has 1 aliphatic rings. The first kappa shape index (κ1) is 27.7. The SMILES string of the molecule is CCCOC(CC(C)C)(CC(C)C)C(=O)Nc1ccc(OCCN2C[C@H](C)C[C@@H](C)C2)cc1. The van der Waals surface area contributed by atoms with Crippen molar-refractivity contribution in [3.8, 4) is 5.75 Å². The zero-order valence-corrected chi connectivity index (χ0v) is 22.2. The number of hydrogen-bond acceptors (Lipinski definition) is 4. The molecule has 1 saturated heterocycles. The number of piperidine rings is 1. The van der Waals surface area contributed by atoms with E-state index < -0.39 is 5.60 Å². The lowest BCUT2D eigenvalue weighted by atomic mass is 9.83. The van der Waals surface area contributed by atoms with Crippen LogP contribution in [0.15, 0.2) is 24.3 Å². The number of ether oxygens (including phenoxy) is 2. The number of nitrogens with zero attached hydrogens (tertiary/aromatic N) is 1. The van der Waals surface area contributed by atoms with Crippen LogP contribution in [0.4, 0.5) is 5.69 Å². The molecule has 0 aromatic heterocycles. The van der Waals surface area contributed by atoms with E-state index in [2.05, 4.69) is 58.7 Å². The summed E-state index contributed by atoms with van der Waals surface area (Å²) in [6.07, 6.45) is 3.65. The second-order valence-corrected chi connectivity index (χ2v) is 11.1. The maximum Gasteiger partial charge on any atom is 0.256 e. The quantitative estimate of drug-likeness (QED) is 0.378. The topological polar surface area (TPSA) is 50.8 Å². The normalized spacial score (nSPS) is 19.8. The van der Waals surface area contributed by atoms with Crippen molar-refractivity contribution >= 4 is 11.6 Å². The van der Waals surface area contributed by atoms with Crippen LogP contribution in [0.1, 0.15) is 74.1 Å². The van der Waals surface area contributed by atoms with Crippen LogP contribution in [0.25, 0.3) is 0 Å². The summed E-state index contributed by atoms with van der Waals surface area (Å²) in [6, 6.07) is 7.73. The fourth-order valence-electron chi connectivity index (χ4n) is 5.22. The highest BCUT2D eigenvalue weighted by Crippen LogP contribution is 2.31. The van der Waals surface area contributed by atoms with Crippen molar-refractivity contribution in [2.24, 2.45) is 23.7 Å². The molecule has 1 aromatic carbocycles. The minimum Gasteiger partial charge on any atom is -0.492 e. The van der Waals surface area contributed by atoms with Crippen LogP contribution in [-0.4, -0.2) is 49.3 Å². The molecule has 0 radical (unpaired) electrons. The number of benzene rings is 1. The molecule has 0 bridgehead atoms. The summed E-state index contributed by atoms with van der Waals surface area (Å²) in [4.78, 5) is 15.9. The second kappa shape index (κ2) is 13.3. The number of nitrogens with one attached hydrogen (secondary N) is 1. The van der Waals surface area contributed by atoms with E-state index in [0.29, 0.717) is 37.9 Å². The van der Waals surface area contributed by atoms with Gasteiger partial charge < -0.3 is 14.8 Å². The molecule has 33 heavy (non-hydrogen) atoms. The van der Waals surface area contributed by atoms with Crippen molar-refractivity contribution in [2.75, 3.05) is 38.2 Å². The van der Waals surface area contributed by atoms with Gasteiger partial charge in [-0.25, -0.2) is 0 Å². The molecule has 2 rings (SSSR count). The molecule has 0 saturated carbocycles. The molecule has 0 spiro atoms.